The number of carbonyl (C=O) groups excluding carboxylic acids is 1. The molecule has 0 aliphatic carbocycles. The Morgan fingerprint density at radius 2 is 2.22 bits per heavy atom. The normalized spacial score (nSPS) is 13.1. The first kappa shape index (κ1) is 14.2. The minimum Gasteiger partial charge on any atom is -0.480 e. The number of aliphatic carboxylic acids is 1. The van der Waals surface area contributed by atoms with Gasteiger partial charge in [0.2, 0.25) is 5.91 Å². The summed E-state index contributed by atoms with van der Waals surface area (Å²) in [5.74, 6) is -1.44. The smallest absolute Gasteiger partial charge is 0.326 e. The summed E-state index contributed by atoms with van der Waals surface area (Å²) in [5, 5.41) is 14.4. The minimum absolute atomic E-state index is 0.168. The molecule has 1 amide bonds. The summed E-state index contributed by atoms with van der Waals surface area (Å²) in [6, 6.07) is -0.981. The van der Waals surface area contributed by atoms with E-state index in [1.54, 1.807) is 20.9 Å². The van der Waals surface area contributed by atoms with Crippen LogP contribution in [0, 0.1) is 0 Å². The van der Waals surface area contributed by atoms with Crippen molar-refractivity contribution in [2.75, 3.05) is 7.05 Å². The summed E-state index contributed by atoms with van der Waals surface area (Å²) in [6.07, 6.45) is 3.17. The molecule has 1 heterocycles. The van der Waals surface area contributed by atoms with Gasteiger partial charge in [-0.3, -0.25) is 4.79 Å². The van der Waals surface area contributed by atoms with Crippen LogP contribution < -0.4 is 10.6 Å². The molecule has 4 N–H and O–H groups in total. The SMILES string of the molecule is CNC(C)(C)C(=O)N[C@H](Cc1cnc[nH]1)C(=O)O. The molecule has 18 heavy (non-hydrogen) atoms. The first-order valence-electron chi connectivity index (χ1n) is 5.56. The molecular formula is C11H18N4O3. The number of carboxylic acid groups (broad SMARTS) is 1. The molecule has 0 aliphatic rings. The Morgan fingerprint density at radius 1 is 1.56 bits per heavy atom. The van der Waals surface area contributed by atoms with Crippen molar-refractivity contribution in [3.8, 4) is 0 Å². The van der Waals surface area contributed by atoms with Crippen molar-refractivity contribution in [3.05, 3.63) is 18.2 Å². The Morgan fingerprint density at radius 3 is 2.67 bits per heavy atom. The molecule has 1 atom stereocenters. The van der Waals surface area contributed by atoms with E-state index in [1.165, 1.54) is 12.5 Å². The van der Waals surface area contributed by atoms with Crippen LogP contribution in [0.5, 0.6) is 0 Å². The number of carboxylic acids is 1. The first-order chi connectivity index (χ1) is 8.36. The third-order valence-electron chi connectivity index (χ3n) is 2.77. The van der Waals surface area contributed by atoms with Crippen molar-refractivity contribution in [2.45, 2.75) is 31.8 Å². The lowest BCUT2D eigenvalue weighted by atomic mass is 10.0. The number of hydrogen-bond acceptors (Lipinski definition) is 4. The molecule has 1 aromatic heterocycles. The maximum atomic E-state index is 11.9. The molecule has 1 aromatic rings. The quantitative estimate of drug-likeness (QED) is 0.548. The monoisotopic (exact) mass is 254 g/mol. The van der Waals surface area contributed by atoms with Crippen LogP contribution in [0.3, 0.4) is 0 Å². The van der Waals surface area contributed by atoms with Crippen molar-refractivity contribution in [1.29, 1.82) is 0 Å². The summed E-state index contributed by atoms with van der Waals surface area (Å²) in [4.78, 5) is 29.6. The van der Waals surface area contributed by atoms with Gasteiger partial charge in [-0.2, -0.15) is 0 Å². The molecule has 0 radical (unpaired) electrons. The summed E-state index contributed by atoms with van der Waals surface area (Å²) in [5.41, 5.74) is -0.160. The van der Waals surface area contributed by atoms with Crippen molar-refractivity contribution < 1.29 is 14.7 Å². The van der Waals surface area contributed by atoms with E-state index in [-0.39, 0.29) is 12.3 Å². The van der Waals surface area contributed by atoms with E-state index < -0.39 is 17.6 Å². The van der Waals surface area contributed by atoms with Crippen LogP contribution in [0.2, 0.25) is 0 Å². The summed E-state index contributed by atoms with van der Waals surface area (Å²) >= 11 is 0. The molecule has 0 aromatic carbocycles. The van der Waals surface area contributed by atoms with E-state index in [0.717, 1.165) is 0 Å². The number of carbonyl (C=O) groups is 2. The van der Waals surface area contributed by atoms with E-state index in [2.05, 4.69) is 20.6 Å². The molecule has 0 aliphatic heterocycles. The lowest BCUT2D eigenvalue weighted by Crippen LogP contribution is -2.55. The van der Waals surface area contributed by atoms with Crippen LogP contribution in [0.4, 0.5) is 0 Å². The third kappa shape index (κ3) is 3.56. The van der Waals surface area contributed by atoms with Gasteiger partial charge >= 0.3 is 5.97 Å². The molecule has 0 fully saturated rings. The van der Waals surface area contributed by atoms with Gasteiger partial charge in [-0.25, -0.2) is 9.78 Å². The molecular weight excluding hydrogens is 236 g/mol. The van der Waals surface area contributed by atoms with Crippen LogP contribution in [0.25, 0.3) is 0 Å². The van der Waals surface area contributed by atoms with Crippen molar-refractivity contribution in [2.24, 2.45) is 0 Å². The number of likely N-dealkylation sites (N-methyl/N-ethyl adjacent to an activating group) is 1. The zero-order chi connectivity index (χ0) is 13.8. The average molecular weight is 254 g/mol. The molecule has 0 saturated heterocycles. The molecule has 7 nitrogen and oxygen atoms in total. The third-order valence-corrected chi connectivity index (χ3v) is 2.77. The Hall–Kier alpha value is -1.89. The van der Waals surface area contributed by atoms with E-state index >= 15 is 0 Å². The topological polar surface area (TPSA) is 107 Å². The second kappa shape index (κ2) is 5.63. The number of hydrogen-bond donors (Lipinski definition) is 4. The first-order valence-corrected chi connectivity index (χ1v) is 5.56. The van der Waals surface area contributed by atoms with E-state index in [9.17, 15) is 9.59 Å². The highest BCUT2D eigenvalue weighted by atomic mass is 16.4. The average Bonchev–Trinajstić information content (AvgIpc) is 2.80. The molecule has 100 valence electrons. The highest BCUT2D eigenvalue weighted by Gasteiger charge is 2.30. The second-order valence-electron chi connectivity index (χ2n) is 4.52. The Labute approximate surface area is 105 Å². The number of H-pyrrole nitrogens is 1. The zero-order valence-electron chi connectivity index (χ0n) is 10.7. The van der Waals surface area contributed by atoms with Gasteiger partial charge in [0, 0.05) is 18.3 Å². The molecule has 0 unspecified atom stereocenters. The van der Waals surface area contributed by atoms with Crippen LogP contribution in [-0.4, -0.2) is 45.6 Å². The number of nitrogens with zero attached hydrogens (tertiary/aromatic N) is 1. The van der Waals surface area contributed by atoms with Crippen molar-refractivity contribution in [1.82, 2.24) is 20.6 Å². The maximum Gasteiger partial charge on any atom is 0.326 e. The van der Waals surface area contributed by atoms with E-state index in [0.29, 0.717) is 5.69 Å². The molecule has 7 heteroatoms. The van der Waals surface area contributed by atoms with Crippen LogP contribution >= 0.6 is 0 Å². The van der Waals surface area contributed by atoms with E-state index in [4.69, 9.17) is 5.11 Å². The van der Waals surface area contributed by atoms with Gasteiger partial charge in [0.05, 0.1) is 11.9 Å². The van der Waals surface area contributed by atoms with E-state index in [1.807, 2.05) is 0 Å². The van der Waals surface area contributed by atoms with Gasteiger partial charge in [-0.05, 0) is 20.9 Å². The fourth-order valence-electron chi connectivity index (χ4n) is 1.27. The largest absolute Gasteiger partial charge is 0.480 e. The summed E-state index contributed by atoms with van der Waals surface area (Å²) in [7, 11) is 1.64. The predicted molar refractivity (Wildman–Crippen MR) is 65.0 cm³/mol. The fraction of sp³-hybridized carbons (Fsp3) is 0.545. The van der Waals surface area contributed by atoms with Gasteiger partial charge in [0.15, 0.2) is 0 Å². The zero-order valence-corrected chi connectivity index (χ0v) is 10.7. The lowest BCUT2D eigenvalue weighted by molar-refractivity contribution is -0.142. The number of nitrogens with one attached hydrogen (secondary N) is 3. The van der Waals surface area contributed by atoms with Crippen LogP contribution in [0.15, 0.2) is 12.5 Å². The number of aromatic nitrogens is 2. The summed E-state index contributed by atoms with van der Waals surface area (Å²) in [6.45, 7) is 3.36. The maximum absolute atomic E-state index is 11.9. The Kier molecular flexibility index (Phi) is 4.43. The standard InChI is InChI=1S/C11H18N4O3/c1-11(2,12-3)10(18)15-8(9(16)17)4-7-5-13-6-14-7/h5-6,8,12H,4H2,1-3H3,(H,13,14)(H,15,18)(H,16,17)/t8-/m1/s1. The van der Waals surface area contributed by atoms with Crippen LogP contribution in [0.1, 0.15) is 19.5 Å². The van der Waals surface area contributed by atoms with Crippen molar-refractivity contribution >= 4 is 11.9 Å². The lowest BCUT2D eigenvalue weighted by Gasteiger charge is -2.25. The van der Waals surface area contributed by atoms with Gasteiger partial charge in [-0.1, -0.05) is 0 Å². The van der Waals surface area contributed by atoms with Gasteiger partial charge in [0.1, 0.15) is 6.04 Å². The number of rotatable bonds is 6. The number of imidazole rings is 1. The fourth-order valence-corrected chi connectivity index (χ4v) is 1.27. The Bertz CT molecular complexity index is 414. The van der Waals surface area contributed by atoms with Gasteiger partial charge in [0.25, 0.3) is 0 Å². The molecule has 0 bridgehead atoms. The molecule has 0 saturated carbocycles. The van der Waals surface area contributed by atoms with Gasteiger partial charge in [-0.15, -0.1) is 0 Å². The second-order valence-corrected chi connectivity index (χ2v) is 4.52. The van der Waals surface area contributed by atoms with Crippen molar-refractivity contribution in [3.63, 3.8) is 0 Å². The highest BCUT2D eigenvalue weighted by molar-refractivity contribution is 5.89. The number of amides is 1. The minimum atomic E-state index is -1.08. The number of aromatic amines is 1. The Balaban J connectivity index is 2.70. The highest BCUT2D eigenvalue weighted by Crippen LogP contribution is 2.04. The van der Waals surface area contributed by atoms with Crippen LogP contribution in [-0.2, 0) is 16.0 Å². The van der Waals surface area contributed by atoms with Gasteiger partial charge < -0.3 is 20.7 Å². The molecule has 0 spiro atoms. The molecule has 1 rings (SSSR count). The summed E-state index contributed by atoms with van der Waals surface area (Å²) < 4.78 is 0. The predicted octanol–water partition coefficient (Wildman–Crippen LogP) is -0.480.